The summed E-state index contributed by atoms with van der Waals surface area (Å²) in [6.45, 7) is 11.4. The standard InChI is InChI=1S/2C4H9.Cu/c2*1-3-4-2;/h2*1,3-4H2,2H3;/q2*-1;+2. The zero-order valence-corrected chi connectivity index (χ0v) is 7.49. The van der Waals surface area contributed by atoms with Crippen molar-refractivity contribution in [3.05, 3.63) is 13.8 Å². The quantitative estimate of drug-likeness (QED) is 0.449. The van der Waals surface area contributed by atoms with E-state index in [-0.39, 0.29) is 17.1 Å². The third kappa shape index (κ3) is 57.0. The molecule has 0 aromatic heterocycles. The van der Waals surface area contributed by atoms with E-state index >= 15 is 0 Å². The third-order valence-corrected chi connectivity index (χ3v) is 0.707. The van der Waals surface area contributed by atoms with E-state index in [9.17, 15) is 0 Å². The maximum atomic E-state index is 3.60. The van der Waals surface area contributed by atoms with Crippen LogP contribution in [0.25, 0.3) is 0 Å². The molecule has 0 saturated carbocycles. The first-order chi connectivity index (χ1) is 3.83. The first kappa shape index (κ1) is 16.3. The molecule has 9 heavy (non-hydrogen) atoms. The molecule has 1 heteroatoms. The molecule has 0 aromatic rings. The van der Waals surface area contributed by atoms with Gasteiger partial charge in [0.05, 0.1) is 0 Å². The van der Waals surface area contributed by atoms with Crippen molar-refractivity contribution in [2.75, 3.05) is 0 Å². The summed E-state index contributed by atoms with van der Waals surface area (Å²) in [5.41, 5.74) is 0. The molecule has 61 valence electrons. The van der Waals surface area contributed by atoms with Crippen molar-refractivity contribution in [3.8, 4) is 0 Å². The molecule has 0 spiro atoms. The molecule has 0 rings (SSSR count). The maximum absolute atomic E-state index is 3.60. The van der Waals surface area contributed by atoms with Crippen LogP contribution in [0.1, 0.15) is 39.5 Å². The van der Waals surface area contributed by atoms with Crippen molar-refractivity contribution in [2.45, 2.75) is 39.5 Å². The van der Waals surface area contributed by atoms with E-state index in [0.717, 1.165) is 12.8 Å². The van der Waals surface area contributed by atoms with Gasteiger partial charge >= 0.3 is 17.1 Å². The van der Waals surface area contributed by atoms with Crippen LogP contribution in [0.5, 0.6) is 0 Å². The molecule has 0 heterocycles. The summed E-state index contributed by atoms with van der Waals surface area (Å²) in [5.74, 6) is 0. The van der Waals surface area contributed by atoms with Gasteiger partial charge in [0.1, 0.15) is 0 Å². The van der Waals surface area contributed by atoms with Crippen molar-refractivity contribution >= 4 is 0 Å². The van der Waals surface area contributed by atoms with Crippen molar-refractivity contribution in [3.63, 3.8) is 0 Å². The molecule has 0 bridgehead atoms. The predicted molar refractivity (Wildman–Crippen MR) is 40.5 cm³/mol. The van der Waals surface area contributed by atoms with Gasteiger partial charge in [0.15, 0.2) is 0 Å². The van der Waals surface area contributed by atoms with Crippen molar-refractivity contribution in [1.29, 1.82) is 0 Å². The van der Waals surface area contributed by atoms with Gasteiger partial charge in [0.25, 0.3) is 0 Å². The zero-order chi connectivity index (χ0) is 6.83. The molecule has 0 aliphatic carbocycles. The van der Waals surface area contributed by atoms with E-state index in [4.69, 9.17) is 0 Å². The predicted octanol–water partition coefficient (Wildman–Crippen LogP) is 3.24. The van der Waals surface area contributed by atoms with Gasteiger partial charge in [-0.2, -0.15) is 12.8 Å². The summed E-state index contributed by atoms with van der Waals surface area (Å²) >= 11 is 0. The minimum Gasteiger partial charge on any atom is -0.343 e. The average Bonchev–Trinajstić information content (AvgIpc) is 1.88. The van der Waals surface area contributed by atoms with Crippen LogP contribution in [0.4, 0.5) is 0 Å². The number of rotatable bonds is 2. The first-order valence-corrected chi connectivity index (χ1v) is 3.41. The van der Waals surface area contributed by atoms with E-state index in [2.05, 4.69) is 27.7 Å². The molecule has 1 radical (unpaired) electrons. The monoisotopic (exact) mass is 177 g/mol. The fraction of sp³-hybridized carbons (Fsp3) is 0.750. The van der Waals surface area contributed by atoms with Crippen LogP contribution in [0.2, 0.25) is 0 Å². The van der Waals surface area contributed by atoms with E-state index in [0.29, 0.717) is 0 Å². The van der Waals surface area contributed by atoms with Crippen molar-refractivity contribution in [1.82, 2.24) is 0 Å². The third-order valence-electron chi connectivity index (χ3n) is 0.707. The van der Waals surface area contributed by atoms with E-state index in [1.165, 1.54) is 12.8 Å². The Morgan fingerprint density at radius 3 is 1.00 bits per heavy atom. The topological polar surface area (TPSA) is 0 Å². The fourth-order valence-electron chi connectivity index (χ4n) is 0. The SMILES string of the molecule is [CH2-]CCC.[CH2-]CCC.[Cu+2]. The zero-order valence-electron chi connectivity index (χ0n) is 6.54. The summed E-state index contributed by atoms with van der Waals surface area (Å²) in [7, 11) is 0. The molecule has 0 aromatic carbocycles. The Morgan fingerprint density at radius 1 is 0.889 bits per heavy atom. The maximum Gasteiger partial charge on any atom is 2.00 e. The second-order valence-corrected chi connectivity index (χ2v) is 1.71. The van der Waals surface area contributed by atoms with Gasteiger partial charge in [-0.15, -0.1) is 0 Å². The van der Waals surface area contributed by atoms with Gasteiger partial charge in [-0.25, -0.2) is 0 Å². The van der Waals surface area contributed by atoms with Crippen LogP contribution in [0.15, 0.2) is 0 Å². The molecule has 0 nitrogen and oxygen atoms in total. The summed E-state index contributed by atoms with van der Waals surface area (Å²) < 4.78 is 0. The van der Waals surface area contributed by atoms with E-state index < -0.39 is 0 Å². The first-order valence-electron chi connectivity index (χ1n) is 3.41. The summed E-state index contributed by atoms with van der Waals surface area (Å²) in [6.07, 6.45) is 4.56. The molecule has 0 fully saturated rings. The Labute approximate surface area is 70.9 Å². The minimum absolute atomic E-state index is 0. The van der Waals surface area contributed by atoms with E-state index in [1.54, 1.807) is 0 Å². The van der Waals surface area contributed by atoms with Crippen LogP contribution in [-0.4, -0.2) is 0 Å². The Morgan fingerprint density at radius 2 is 1.00 bits per heavy atom. The Balaban J connectivity index is -0.0000000720. The summed E-state index contributed by atoms with van der Waals surface area (Å²) in [6, 6.07) is 0. The fourth-order valence-corrected chi connectivity index (χ4v) is 0. The molecule has 0 aliphatic heterocycles. The normalized spacial score (nSPS) is 6.67. The summed E-state index contributed by atoms with van der Waals surface area (Å²) in [5, 5.41) is 0. The van der Waals surface area contributed by atoms with Gasteiger partial charge in [0, 0.05) is 0 Å². The van der Waals surface area contributed by atoms with E-state index in [1.807, 2.05) is 0 Å². The van der Waals surface area contributed by atoms with Gasteiger partial charge in [0.2, 0.25) is 0 Å². The molecule has 0 amide bonds. The van der Waals surface area contributed by atoms with Crippen molar-refractivity contribution in [2.24, 2.45) is 0 Å². The Hall–Kier alpha value is 0.519. The second kappa shape index (κ2) is 23.6. The van der Waals surface area contributed by atoms with Crippen LogP contribution >= 0.6 is 0 Å². The number of hydrogen-bond acceptors (Lipinski definition) is 0. The summed E-state index contributed by atoms with van der Waals surface area (Å²) in [4.78, 5) is 0. The molecular weight excluding hydrogens is 160 g/mol. The van der Waals surface area contributed by atoms with Gasteiger partial charge in [-0.1, -0.05) is 26.7 Å². The molecule has 0 unspecified atom stereocenters. The second-order valence-electron chi connectivity index (χ2n) is 1.71. The number of hydrogen-bond donors (Lipinski definition) is 0. The van der Waals surface area contributed by atoms with Gasteiger partial charge < -0.3 is 13.8 Å². The van der Waals surface area contributed by atoms with Gasteiger partial charge in [-0.05, 0) is 0 Å². The average molecular weight is 178 g/mol. The van der Waals surface area contributed by atoms with Crippen molar-refractivity contribution < 1.29 is 17.1 Å². The van der Waals surface area contributed by atoms with Gasteiger partial charge in [-0.3, -0.25) is 0 Å². The number of unbranched alkanes of at least 4 members (excludes halogenated alkanes) is 2. The van der Waals surface area contributed by atoms with Crippen LogP contribution in [0.3, 0.4) is 0 Å². The smallest absolute Gasteiger partial charge is 0.343 e. The van der Waals surface area contributed by atoms with Crippen LogP contribution < -0.4 is 0 Å². The van der Waals surface area contributed by atoms with Crippen LogP contribution in [0, 0.1) is 13.8 Å². The van der Waals surface area contributed by atoms with Crippen LogP contribution in [-0.2, 0) is 17.1 Å². The molecule has 0 saturated heterocycles. The largest absolute Gasteiger partial charge is 2.00 e. The molecular formula is C8H18Cu. The minimum atomic E-state index is 0. The molecule has 0 N–H and O–H groups in total. The Kier molecular flexibility index (Phi) is 42.6. The molecule has 0 aliphatic rings. The Bertz CT molecular complexity index is 12.5. The molecule has 0 atom stereocenters.